The molecule has 1 fully saturated rings. The van der Waals surface area contributed by atoms with Gasteiger partial charge in [0.05, 0.1) is 6.54 Å². The number of aromatic nitrogens is 2. The van der Waals surface area contributed by atoms with E-state index < -0.39 is 0 Å². The topological polar surface area (TPSA) is 61.4 Å². The van der Waals surface area contributed by atoms with Gasteiger partial charge in [-0.3, -0.25) is 9.69 Å². The van der Waals surface area contributed by atoms with Gasteiger partial charge in [0.2, 0.25) is 5.91 Å². The highest BCUT2D eigenvalue weighted by molar-refractivity contribution is 5.78. The minimum atomic E-state index is 0.136. The highest BCUT2D eigenvalue weighted by atomic mass is 16.2. The third-order valence-electron chi connectivity index (χ3n) is 4.29. The van der Waals surface area contributed by atoms with E-state index in [9.17, 15) is 4.79 Å². The molecule has 134 valence electrons. The van der Waals surface area contributed by atoms with Crippen molar-refractivity contribution in [2.75, 3.05) is 44.2 Å². The average Bonchev–Trinajstić information content (AvgIpc) is 2.55. The van der Waals surface area contributed by atoms with Crippen molar-refractivity contribution >= 4 is 11.7 Å². The second-order valence-electron chi connectivity index (χ2n) is 6.85. The molecule has 6 nitrogen and oxygen atoms in total. The maximum atomic E-state index is 11.9. The molecule has 2 rings (SSSR count). The van der Waals surface area contributed by atoms with Crippen molar-refractivity contribution in [1.29, 1.82) is 0 Å². The van der Waals surface area contributed by atoms with Crippen LogP contribution in [0.2, 0.25) is 0 Å². The van der Waals surface area contributed by atoms with E-state index >= 15 is 0 Å². The first kappa shape index (κ1) is 18.6. The van der Waals surface area contributed by atoms with E-state index in [0.29, 0.717) is 12.5 Å². The quantitative estimate of drug-likeness (QED) is 0.773. The summed E-state index contributed by atoms with van der Waals surface area (Å²) in [6.07, 6.45) is 2.15. The van der Waals surface area contributed by atoms with Crippen LogP contribution in [0.3, 0.4) is 0 Å². The predicted molar refractivity (Wildman–Crippen MR) is 97.4 cm³/mol. The van der Waals surface area contributed by atoms with E-state index in [1.54, 1.807) is 0 Å². The fourth-order valence-electron chi connectivity index (χ4n) is 2.79. The smallest absolute Gasteiger partial charge is 0.234 e. The lowest BCUT2D eigenvalue weighted by molar-refractivity contribution is -0.122. The zero-order chi connectivity index (χ0) is 17.5. The molecule has 24 heavy (non-hydrogen) atoms. The van der Waals surface area contributed by atoms with Crippen LogP contribution in [0.25, 0.3) is 0 Å². The fourth-order valence-corrected chi connectivity index (χ4v) is 2.79. The van der Waals surface area contributed by atoms with Gasteiger partial charge in [0, 0.05) is 50.4 Å². The Bertz CT molecular complexity index is 538. The summed E-state index contributed by atoms with van der Waals surface area (Å²) in [6.45, 7) is 13.3. The first-order valence-corrected chi connectivity index (χ1v) is 9.09. The zero-order valence-electron chi connectivity index (χ0n) is 15.5. The Labute approximate surface area is 145 Å². The highest BCUT2D eigenvalue weighted by Crippen LogP contribution is 2.18. The summed E-state index contributed by atoms with van der Waals surface area (Å²) in [6, 6.07) is 2.05. The molecular formula is C18H31N5O. The Hall–Kier alpha value is -1.69. The summed E-state index contributed by atoms with van der Waals surface area (Å²) in [5.41, 5.74) is 1.02. The van der Waals surface area contributed by atoms with Crippen molar-refractivity contribution in [2.45, 2.75) is 46.5 Å². The molecule has 1 aliphatic rings. The predicted octanol–water partition coefficient (Wildman–Crippen LogP) is 1.95. The van der Waals surface area contributed by atoms with Gasteiger partial charge in [-0.2, -0.15) is 0 Å². The Morgan fingerprint density at radius 2 is 1.96 bits per heavy atom. The summed E-state index contributed by atoms with van der Waals surface area (Å²) < 4.78 is 0. The third-order valence-corrected chi connectivity index (χ3v) is 4.29. The maximum absolute atomic E-state index is 11.9. The van der Waals surface area contributed by atoms with Crippen LogP contribution in [0.4, 0.5) is 5.82 Å². The number of piperazine rings is 1. The molecule has 1 N–H and O–H groups in total. The summed E-state index contributed by atoms with van der Waals surface area (Å²) in [5, 5.41) is 2.99. The molecule has 0 spiro atoms. The van der Waals surface area contributed by atoms with E-state index in [1.807, 2.05) is 6.92 Å². The number of unbranched alkanes of at least 4 members (excludes halogenated alkanes) is 1. The standard InChI is InChI=1S/C18H31N5O/c1-5-6-7-19-17(24)13-22-8-10-23(11-9-22)16-12-15(4)20-18(21-16)14(2)3/h12,14H,5-11,13H2,1-4H3,(H,19,24). The molecule has 0 bridgehead atoms. The van der Waals surface area contributed by atoms with Crippen LogP contribution in [0.5, 0.6) is 0 Å². The first-order valence-electron chi connectivity index (χ1n) is 9.09. The molecule has 1 saturated heterocycles. The molecule has 1 aromatic rings. The molecule has 0 aromatic carbocycles. The number of nitrogens with zero attached hydrogens (tertiary/aromatic N) is 4. The minimum absolute atomic E-state index is 0.136. The average molecular weight is 333 g/mol. The summed E-state index contributed by atoms with van der Waals surface area (Å²) in [4.78, 5) is 25.7. The van der Waals surface area contributed by atoms with Crippen LogP contribution in [0.15, 0.2) is 6.07 Å². The van der Waals surface area contributed by atoms with Gasteiger partial charge >= 0.3 is 0 Å². The molecule has 1 aliphatic heterocycles. The number of aryl methyl sites for hydroxylation is 1. The summed E-state index contributed by atoms with van der Waals surface area (Å²) in [5.74, 6) is 2.38. The van der Waals surface area contributed by atoms with E-state index in [4.69, 9.17) is 4.98 Å². The van der Waals surface area contributed by atoms with Gasteiger partial charge in [-0.25, -0.2) is 9.97 Å². The van der Waals surface area contributed by atoms with Crippen LogP contribution in [0.1, 0.15) is 51.0 Å². The lowest BCUT2D eigenvalue weighted by atomic mass is 10.2. The van der Waals surface area contributed by atoms with E-state index in [1.165, 1.54) is 0 Å². The Morgan fingerprint density at radius 1 is 1.25 bits per heavy atom. The van der Waals surface area contributed by atoms with Gasteiger partial charge in [-0.15, -0.1) is 0 Å². The number of hydrogen-bond acceptors (Lipinski definition) is 5. The SMILES string of the molecule is CCCCNC(=O)CN1CCN(c2cc(C)nc(C(C)C)n2)CC1. The first-order chi connectivity index (χ1) is 11.5. The van der Waals surface area contributed by atoms with Crippen LogP contribution < -0.4 is 10.2 Å². The van der Waals surface area contributed by atoms with Gasteiger partial charge in [0.1, 0.15) is 11.6 Å². The molecule has 0 radical (unpaired) electrons. The number of rotatable bonds is 7. The lowest BCUT2D eigenvalue weighted by Gasteiger charge is -2.35. The third kappa shape index (κ3) is 5.44. The van der Waals surface area contributed by atoms with E-state index in [0.717, 1.165) is 62.9 Å². The molecule has 0 atom stereocenters. The molecule has 0 saturated carbocycles. The number of nitrogens with one attached hydrogen (secondary N) is 1. The van der Waals surface area contributed by atoms with E-state index in [2.05, 4.69) is 46.9 Å². The summed E-state index contributed by atoms with van der Waals surface area (Å²) in [7, 11) is 0. The summed E-state index contributed by atoms with van der Waals surface area (Å²) >= 11 is 0. The van der Waals surface area contributed by atoms with Gasteiger partial charge in [0.15, 0.2) is 0 Å². The molecule has 6 heteroatoms. The Balaban J connectivity index is 1.85. The molecule has 1 amide bonds. The number of carbonyl (C=O) groups is 1. The van der Waals surface area contributed by atoms with E-state index in [-0.39, 0.29) is 5.91 Å². The Morgan fingerprint density at radius 3 is 2.58 bits per heavy atom. The van der Waals surface area contributed by atoms with Crippen LogP contribution in [-0.2, 0) is 4.79 Å². The van der Waals surface area contributed by atoms with Crippen molar-refractivity contribution in [3.05, 3.63) is 17.6 Å². The molecular weight excluding hydrogens is 302 g/mol. The lowest BCUT2D eigenvalue weighted by Crippen LogP contribution is -2.49. The van der Waals surface area contributed by atoms with Gasteiger partial charge in [0.25, 0.3) is 0 Å². The number of hydrogen-bond donors (Lipinski definition) is 1. The van der Waals surface area contributed by atoms with Crippen molar-refractivity contribution in [3.63, 3.8) is 0 Å². The minimum Gasteiger partial charge on any atom is -0.355 e. The van der Waals surface area contributed by atoms with Crippen LogP contribution in [-0.4, -0.2) is 60.0 Å². The van der Waals surface area contributed by atoms with Gasteiger partial charge < -0.3 is 10.2 Å². The van der Waals surface area contributed by atoms with Crippen molar-refractivity contribution in [2.24, 2.45) is 0 Å². The second-order valence-corrected chi connectivity index (χ2v) is 6.85. The monoisotopic (exact) mass is 333 g/mol. The largest absolute Gasteiger partial charge is 0.355 e. The van der Waals surface area contributed by atoms with Gasteiger partial charge in [-0.05, 0) is 13.3 Å². The number of amides is 1. The van der Waals surface area contributed by atoms with Gasteiger partial charge in [-0.1, -0.05) is 27.2 Å². The zero-order valence-corrected chi connectivity index (χ0v) is 15.5. The fraction of sp³-hybridized carbons (Fsp3) is 0.722. The second kappa shape index (κ2) is 8.97. The van der Waals surface area contributed by atoms with Crippen LogP contribution >= 0.6 is 0 Å². The highest BCUT2D eigenvalue weighted by Gasteiger charge is 2.20. The van der Waals surface area contributed by atoms with Crippen molar-refractivity contribution in [1.82, 2.24) is 20.2 Å². The number of carbonyl (C=O) groups excluding carboxylic acids is 1. The molecule has 0 unspecified atom stereocenters. The molecule has 0 aliphatic carbocycles. The van der Waals surface area contributed by atoms with Crippen molar-refractivity contribution < 1.29 is 4.79 Å². The normalized spacial score (nSPS) is 15.8. The number of anilines is 1. The molecule has 1 aromatic heterocycles. The van der Waals surface area contributed by atoms with Crippen molar-refractivity contribution in [3.8, 4) is 0 Å². The van der Waals surface area contributed by atoms with Crippen LogP contribution in [0, 0.1) is 6.92 Å². The Kier molecular flexibility index (Phi) is 6.97. The maximum Gasteiger partial charge on any atom is 0.234 e. The molecule has 2 heterocycles.